The van der Waals surface area contributed by atoms with Crippen LogP contribution in [0.1, 0.15) is 42.3 Å². The lowest BCUT2D eigenvalue weighted by Crippen LogP contribution is -2.46. The van der Waals surface area contributed by atoms with Gasteiger partial charge in [0.2, 0.25) is 5.89 Å². The molecule has 0 amide bonds. The third kappa shape index (κ3) is 5.23. The molecule has 6 nitrogen and oxygen atoms in total. The van der Waals surface area contributed by atoms with Crippen molar-refractivity contribution in [3.05, 3.63) is 51.0 Å². The van der Waals surface area contributed by atoms with Crippen LogP contribution in [-0.4, -0.2) is 47.5 Å². The first-order chi connectivity index (χ1) is 15.9. The van der Waals surface area contributed by atoms with Gasteiger partial charge in [0.15, 0.2) is 5.58 Å². The van der Waals surface area contributed by atoms with Crippen molar-refractivity contribution in [3.63, 3.8) is 0 Å². The molecule has 1 atom stereocenters. The molecule has 1 aliphatic heterocycles. The molecule has 1 fully saturated rings. The van der Waals surface area contributed by atoms with E-state index >= 15 is 0 Å². The van der Waals surface area contributed by atoms with Crippen molar-refractivity contribution in [2.24, 2.45) is 5.92 Å². The Balaban J connectivity index is 1.28. The average Bonchev–Trinajstić information content (AvgIpc) is 3.44. The largest absolute Gasteiger partial charge is 0.439 e. The first kappa shape index (κ1) is 23.7. The number of halogens is 1. The number of hydrogen-bond donors (Lipinski definition) is 0. The normalized spacial score (nSPS) is 17.2. The number of nitrogens with zero attached hydrogens (tertiary/aromatic N) is 5. The molecule has 1 saturated heterocycles. The second-order valence-corrected chi connectivity index (χ2v) is 10.5. The van der Waals surface area contributed by atoms with Gasteiger partial charge in [0.25, 0.3) is 0 Å². The van der Waals surface area contributed by atoms with Crippen LogP contribution in [0.5, 0.6) is 0 Å². The number of thiophene rings is 1. The molecule has 172 valence electrons. The minimum Gasteiger partial charge on any atom is -0.439 e. The number of rotatable bonds is 8. The molecule has 0 bridgehead atoms. The van der Waals surface area contributed by atoms with Crippen molar-refractivity contribution >= 4 is 34.0 Å². The van der Waals surface area contributed by atoms with Crippen LogP contribution >= 0.6 is 22.9 Å². The van der Waals surface area contributed by atoms with E-state index in [9.17, 15) is 10.5 Å². The van der Waals surface area contributed by atoms with Gasteiger partial charge in [-0.2, -0.15) is 10.5 Å². The van der Waals surface area contributed by atoms with Crippen LogP contribution in [0.3, 0.4) is 0 Å². The summed E-state index contributed by atoms with van der Waals surface area (Å²) in [6.45, 7) is 9.79. The van der Waals surface area contributed by atoms with Gasteiger partial charge in [0, 0.05) is 36.1 Å². The first-order valence-electron chi connectivity index (χ1n) is 11.3. The number of oxazole rings is 1. The molecule has 4 rings (SSSR count). The topological polar surface area (TPSA) is 80.1 Å². The molecule has 3 aromatic rings. The Hall–Kier alpha value is -2.42. The fourth-order valence-electron chi connectivity index (χ4n) is 4.53. The predicted molar refractivity (Wildman–Crippen MR) is 131 cm³/mol. The minimum atomic E-state index is -0.530. The third-order valence-corrected chi connectivity index (χ3v) is 8.01. The zero-order valence-corrected chi connectivity index (χ0v) is 20.6. The summed E-state index contributed by atoms with van der Waals surface area (Å²) in [5.41, 5.74) is 1.04. The lowest BCUT2D eigenvalue weighted by atomic mass is 9.73. The van der Waals surface area contributed by atoms with Crippen molar-refractivity contribution in [1.29, 1.82) is 10.5 Å². The van der Waals surface area contributed by atoms with E-state index in [1.807, 2.05) is 30.3 Å². The second-order valence-electron chi connectivity index (χ2n) is 8.95. The van der Waals surface area contributed by atoms with Crippen molar-refractivity contribution in [2.75, 3.05) is 32.7 Å². The molecule has 0 N–H and O–H groups in total. The third-order valence-electron chi connectivity index (χ3n) is 6.60. The van der Waals surface area contributed by atoms with Crippen molar-refractivity contribution in [2.45, 2.75) is 38.6 Å². The summed E-state index contributed by atoms with van der Waals surface area (Å²) in [4.78, 5) is 11.1. The highest BCUT2D eigenvalue weighted by Gasteiger charge is 2.37. The number of fused-ring (bicyclic) bond motifs is 1. The van der Waals surface area contributed by atoms with Gasteiger partial charge in [0.1, 0.15) is 16.5 Å². The van der Waals surface area contributed by atoms with E-state index < -0.39 is 5.41 Å². The van der Waals surface area contributed by atoms with Crippen LogP contribution in [0, 0.1) is 28.6 Å². The Morgan fingerprint density at radius 2 is 1.91 bits per heavy atom. The summed E-state index contributed by atoms with van der Waals surface area (Å²) in [5.74, 6) is 0.917. The summed E-state index contributed by atoms with van der Waals surface area (Å²) < 4.78 is 5.87. The highest BCUT2D eigenvalue weighted by Crippen LogP contribution is 2.40. The van der Waals surface area contributed by atoms with E-state index in [-0.39, 0.29) is 5.92 Å². The molecule has 0 radical (unpaired) electrons. The highest BCUT2D eigenvalue weighted by atomic mass is 35.5. The fourth-order valence-corrected chi connectivity index (χ4v) is 5.82. The molecule has 2 aromatic heterocycles. The van der Waals surface area contributed by atoms with Gasteiger partial charge in [-0.1, -0.05) is 25.4 Å². The molecular weight excluding hydrogens is 454 g/mol. The van der Waals surface area contributed by atoms with Gasteiger partial charge in [-0.05, 0) is 55.6 Å². The number of aromatic nitrogens is 1. The standard InChI is InChI=1S/C25H28ClN5OS/c1-18(2)25(17-28,23-7-5-20(15-27)33-23)8-3-9-30-10-12-31(13-11-30)16-24-29-21-14-19(26)4-6-22(21)32-24/h4-7,14,18H,3,8-13,16H2,1-2H3. The molecule has 3 heterocycles. The first-order valence-corrected chi connectivity index (χ1v) is 12.5. The Labute approximate surface area is 204 Å². The van der Waals surface area contributed by atoms with E-state index in [1.54, 1.807) is 0 Å². The summed E-state index contributed by atoms with van der Waals surface area (Å²) in [6.07, 6.45) is 1.76. The highest BCUT2D eigenvalue weighted by molar-refractivity contribution is 7.12. The van der Waals surface area contributed by atoms with E-state index in [0.717, 1.165) is 67.4 Å². The van der Waals surface area contributed by atoms with Crippen LogP contribution in [0.2, 0.25) is 5.02 Å². The van der Waals surface area contributed by atoms with Crippen molar-refractivity contribution in [3.8, 4) is 12.1 Å². The molecule has 8 heteroatoms. The van der Waals surface area contributed by atoms with Gasteiger partial charge in [-0.25, -0.2) is 4.98 Å². The van der Waals surface area contributed by atoms with Gasteiger partial charge in [0.05, 0.1) is 18.0 Å². The van der Waals surface area contributed by atoms with E-state index in [0.29, 0.717) is 16.4 Å². The minimum absolute atomic E-state index is 0.190. The maximum atomic E-state index is 10.1. The maximum absolute atomic E-state index is 10.1. The zero-order valence-electron chi connectivity index (χ0n) is 19.1. The monoisotopic (exact) mass is 481 g/mol. The fraction of sp³-hybridized carbons (Fsp3) is 0.480. The quantitative estimate of drug-likeness (QED) is 0.426. The molecule has 1 unspecified atom stereocenters. The smallest absolute Gasteiger partial charge is 0.209 e. The molecule has 33 heavy (non-hydrogen) atoms. The Kier molecular flexibility index (Phi) is 7.36. The lowest BCUT2D eigenvalue weighted by molar-refractivity contribution is 0.116. The number of benzene rings is 1. The Morgan fingerprint density at radius 1 is 1.15 bits per heavy atom. The molecule has 0 aliphatic carbocycles. The summed E-state index contributed by atoms with van der Waals surface area (Å²) in [5, 5.41) is 19.9. The average molecular weight is 482 g/mol. The second kappa shape index (κ2) is 10.2. The van der Waals surface area contributed by atoms with E-state index in [1.165, 1.54) is 11.3 Å². The zero-order chi connectivity index (χ0) is 23.4. The molecule has 0 spiro atoms. The molecule has 0 saturated carbocycles. The van der Waals surface area contributed by atoms with Gasteiger partial charge in [-0.15, -0.1) is 11.3 Å². The van der Waals surface area contributed by atoms with Crippen LogP contribution in [-0.2, 0) is 12.0 Å². The van der Waals surface area contributed by atoms with Crippen LogP contribution in [0.4, 0.5) is 0 Å². The molecule has 1 aliphatic rings. The van der Waals surface area contributed by atoms with Gasteiger partial charge < -0.3 is 9.32 Å². The van der Waals surface area contributed by atoms with Crippen LogP contribution < -0.4 is 0 Å². The summed E-state index contributed by atoms with van der Waals surface area (Å²) >= 11 is 7.50. The van der Waals surface area contributed by atoms with Gasteiger partial charge in [-0.3, -0.25) is 4.90 Å². The Bertz CT molecular complexity index is 1180. The lowest BCUT2D eigenvalue weighted by Gasteiger charge is -2.35. The predicted octanol–water partition coefficient (Wildman–Crippen LogP) is 5.43. The van der Waals surface area contributed by atoms with Crippen LogP contribution in [0.15, 0.2) is 34.7 Å². The maximum Gasteiger partial charge on any atom is 0.209 e. The van der Waals surface area contributed by atoms with E-state index in [2.05, 4.69) is 40.8 Å². The number of hydrogen-bond acceptors (Lipinski definition) is 7. The SMILES string of the molecule is CC(C)C(C#N)(CCCN1CCN(Cc2nc3cc(Cl)ccc3o2)CC1)c1ccc(C#N)s1. The van der Waals surface area contributed by atoms with E-state index in [4.69, 9.17) is 16.0 Å². The Morgan fingerprint density at radius 3 is 2.58 bits per heavy atom. The number of nitriles is 2. The van der Waals surface area contributed by atoms with Gasteiger partial charge >= 0.3 is 0 Å². The van der Waals surface area contributed by atoms with Crippen LogP contribution in [0.25, 0.3) is 11.1 Å². The van der Waals surface area contributed by atoms with Crippen molar-refractivity contribution < 1.29 is 4.42 Å². The molecular formula is C25H28ClN5OS. The van der Waals surface area contributed by atoms with Crippen molar-refractivity contribution in [1.82, 2.24) is 14.8 Å². The summed E-state index contributed by atoms with van der Waals surface area (Å²) in [7, 11) is 0. The number of piperazine rings is 1. The summed E-state index contributed by atoms with van der Waals surface area (Å²) in [6, 6.07) is 14.1. The molecule has 1 aromatic carbocycles.